The molecule has 3 nitrogen and oxygen atoms in total. The Kier molecular flexibility index (Phi) is 2.16. The number of rotatable bonds is 1. The Morgan fingerprint density at radius 2 is 2.36 bits per heavy atom. The van der Waals surface area contributed by atoms with Gasteiger partial charge >= 0.3 is 0 Å². The van der Waals surface area contributed by atoms with Crippen molar-refractivity contribution in [1.82, 2.24) is 9.78 Å². The molecule has 0 N–H and O–H groups in total. The molecule has 1 aromatic heterocycles. The molecule has 1 aromatic rings. The van der Waals surface area contributed by atoms with E-state index >= 15 is 0 Å². The van der Waals surface area contributed by atoms with Crippen LogP contribution in [0.4, 0.5) is 0 Å². The molecule has 0 atom stereocenters. The van der Waals surface area contributed by atoms with Gasteiger partial charge in [0.1, 0.15) is 16.8 Å². The van der Waals surface area contributed by atoms with Crippen LogP contribution in [0.2, 0.25) is 5.15 Å². The molecule has 0 aromatic carbocycles. The number of hydrogen-bond acceptors (Lipinski definition) is 2. The van der Waals surface area contributed by atoms with E-state index in [9.17, 15) is 0 Å². The highest BCUT2D eigenvalue weighted by molar-refractivity contribution is 6.30. The van der Waals surface area contributed by atoms with Crippen molar-refractivity contribution in [1.29, 1.82) is 5.26 Å². The Balaban J connectivity index is 3.13. The van der Waals surface area contributed by atoms with Gasteiger partial charge in [0.15, 0.2) is 0 Å². The molecule has 11 heavy (non-hydrogen) atoms. The van der Waals surface area contributed by atoms with E-state index < -0.39 is 0 Å². The lowest BCUT2D eigenvalue weighted by molar-refractivity contribution is 0.533. The normalized spacial score (nSPS) is 10.1. The topological polar surface area (TPSA) is 41.6 Å². The maximum absolute atomic E-state index is 8.53. The third-order valence-corrected chi connectivity index (χ3v) is 1.72. The van der Waals surface area contributed by atoms with Crippen molar-refractivity contribution < 1.29 is 0 Å². The molecule has 0 saturated carbocycles. The lowest BCUT2D eigenvalue weighted by Gasteiger charge is -2.05. The van der Waals surface area contributed by atoms with Gasteiger partial charge in [0.05, 0.1) is 6.20 Å². The third-order valence-electron chi connectivity index (χ3n) is 1.34. The van der Waals surface area contributed by atoms with Crippen LogP contribution in [0.1, 0.15) is 25.5 Å². The molecule has 0 amide bonds. The van der Waals surface area contributed by atoms with Crippen molar-refractivity contribution in [3.63, 3.8) is 0 Å². The summed E-state index contributed by atoms with van der Waals surface area (Å²) in [5.74, 6) is 0. The van der Waals surface area contributed by atoms with Gasteiger partial charge < -0.3 is 0 Å². The molecular weight excluding hydrogens is 162 g/mol. The van der Waals surface area contributed by atoms with Crippen LogP contribution >= 0.6 is 11.6 Å². The molecule has 4 heteroatoms. The van der Waals surface area contributed by atoms with E-state index in [1.54, 1.807) is 4.68 Å². The predicted octanol–water partition coefficient (Wildman–Crippen LogP) is 1.99. The molecule has 0 unspecified atom stereocenters. The minimum absolute atomic E-state index is 0.199. The molecule has 1 rings (SSSR count). The standard InChI is InChI=1S/C7H8ClN3/c1-5(2)11-7(8)6(3-9)4-10-11/h4-5H,1-2H3. The van der Waals surface area contributed by atoms with Crippen LogP contribution in [0, 0.1) is 11.3 Å². The molecule has 0 saturated heterocycles. The first-order valence-electron chi connectivity index (χ1n) is 3.30. The summed E-state index contributed by atoms with van der Waals surface area (Å²) in [4.78, 5) is 0. The van der Waals surface area contributed by atoms with Crippen LogP contribution in [0.3, 0.4) is 0 Å². The second-order valence-electron chi connectivity index (χ2n) is 2.50. The van der Waals surface area contributed by atoms with Crippen molar-refractivity contribution in [2.24, 2.45) is 0 Å². The van der Waals surface area contributed by atoms with Gasteiger partial charge in [-0.2, -0.15) is 10.4 Å². The molecule has 0 radical (unpaired) electrons. The predicted molar refractivity (Wildman–Crippen MR) is 42.3 cm³/mol. The zero-order chi connectivity index (χ0) is 8.43. The average molecular weight is 170 g/mol. The monoisotopic (exact) mass is 169 g/mol. The molecule has 0 fully saturated rings. The zero-order valence-electron chi connectivity index (χ0n) is 6.37. The molecule has 58 valence electrons. The van der Waals surface area contributed by atoms with Crippen LogP contribution in [-0.2, 0) is 0 Å². The SMILES string of the molecule is CC(C)n1ncc(C#N)c1Cl. The van der Waals surface area contributed by atoms with Gasteiger partial charge in [-0.3, -0.25) is 4.68 Å². The third kappa shape index (κ3) is 1.36. The minimum atomic E-state index is 0.199. The summed E-state index contributed by atoms with van der Waals surface area (Å²) in [6, 6.07) is 2.15. The van der Waals surface area contributed by atoms with E-state index in [2.05, 4.69) is 5.10 Å². The van der Waals surface area contributed by atoms with Crippen molar-refractivity contribution in [3.8, 4) is 6.07 Å². The molecule has 0 bridgehead atoms. The molecule has 0 spiro atoms. The van der Waals surface area contributed by atoms with E-state index in [-0.39, 0.29) is 6.04 Å². The van der Waals surface area contributed by atoms with E-state index in [0.29, 0.717) is 10.7 Å². The number of nitriles is 1. The first kappa shape index (κ1) is 8.09. The summed E-state index contributed by atoms with van der Waals surface area (Å²) < 4.78 is 1.61. The quantitative estimate of drug-likeness (QED) is 0.645. The summed E-state index contributed by atoms with van der Waals surface area (Å²) >= 11 is 5.80. The molecule has 1 heterocycles. The second-order valence-corrected chi connectivity index (χ2v) is 2.86. The number of nitrogens with zero attached hydrogens (tertiary/aromatic N) is 3. The summed E-state index contributed by atoms with van der Waals surface area (Å²) in [7, 11) is 0. The number of aromatic nitrogens is 2. The minimum Gasteiger partial charge on any atom is -0.250 e. The molecule has 0 aliphatic rings. The van der Waals surface area contributed by atoms with Crippen LogP contribution in [-0.4, -0.2) is 9.78 Å². The zero-order valence-corrected chi connectivity index (χ0v) is 7.13. The maximum atomic E-state index is 8.53. The highest BCUT2D eigenvalue weighted by Crippen LogP contribution is 2.17. The highest BCUT2D eigenvalue weighted by atomic mass is 35.5. The van der Waals surface area contributed by atoms with Gasteiger partial charge in [-0.1, -0.05) is 11.6 Å². The Labute approximate surface area is 70.2 Å². The number of halogens is 1. The van der Waals surface area contributed by atoms with Crippen molar-refractivity contribution in [3.05, 3.63) is 16.9 Å². The van der Waals surface area contributed by atoms with Crippen LogP contribution < -0.4 is 0 Å². The van der Waals surface area contributed by atoms with E-state index in [1.165, 1.54) is 6.20 Å². The van der Waals surface area contributed by atoms with Gasteiger partial charge in [0, 0.05) is 6.04 Å². The molecule has 0 aliphatic carbocycles. The Hall–Kier alpha value is -1.01. The smallest absolute Gasteiger partial charge is 0.145 e. The largest absolute Gasteiger partial charge is 0.250 e. The Morgan fingerprint density at radius 1 is 1.73 bits per heavy atom. The number of hydrogen-bond donors (Lipinski definition) is 0. The Morgan fingerprint density at radius 3 is 2.64 bits per heavy atom. The van der Waals surface area contributed by atoms with Gasteiger partial charge in [0.2, 0.25) is 0 Å². The molecule has 0 aliphatic heterocycles. The summed E-state index contributed by atoms with van der Waals surface area (Å²) in [6.07, 6.45) is 1.47. The molecular formula is C7H8ClN3. The van der Waals surface area contributed by atoms with E-state index in [0.717, 1.165) is 0 Å². The fraction of sp³-hybridized carbons (Fsp3) is 0.429. The van der Waals surface area contributed by atoms with E-state index in [1.807, 2.05) is 19.9 Å². The second kappa shape index (κ2) is 2.93. The van der Waals surface area contributed by atoms with Gasteiger partial charge in [-0.05, 0) is 13.8 Å². The van der Waals surface area contributed by atoms with Crippen molar-refractivity contribution in [2.45, 2.75) is 19.9 Å². The van der Waals surface area contributed by atoms with Crippen LogP contribution in [0.15, 0.2) is 6.20 Å². The Bertz CT molecular complexity index is 295. The van der Waals surface area contributed by atoms with E-state index in [4.69, 9.17) is 16.9 Å². The lowest BCUT2D eigenvalue weighted by Crippen LogP contribution is -2.02. The summed E-state index contributed by atoms with van der Waals surface area (Å²) in [6.45, 7) is 3.92. The first-order valence-corrected chi connectivity index (χ1v) is 3.67. The fourth-order valence-electron chi connectivity index (χ4n) is 0.782. The van der Waals surface area contributed by atoms with Crippen molar-refractivity contribution >= 4 is 11.6 Å². The van der Waals surface area contributed by atoms with Crippen molar-refractivity contribution in [2.75, 3.05) is 0 Å². The van der Waals surface area contributed by atoms with Gasteiger partial charge in [-0.15, -0.1) is 0 Å². The van der Waals surface area contributed by atoms with Gasteiger partial charge in [-0.25, -0.2) is 0 Å². The summed E-state index contributed by atoms with van der Waals surface area (Å²) in [5, 5.41) is 12.9. The highest BCUT2D eigenvalue weighted by Gasteiger charge is 2.09. The van der Waals surface area contributed by atoms with Crippen LogP contribution in [0.5, 0.6) is 0 Å². The maximum Gasteiger partial charge on any atom is 0.145 e. The van der Waals surface area contributed by atoms with Gasteiger partial charge in [0.25, 0.3) is 0 Å². The van der Waals surface area contributed by atoms with Crippen LogP contribution in [0.25, 0.3) is 0 Å². The fourth-order valence-corrected chi connectivity index (χ4v) is 1.11. The lowest BCUT2D eigenvalue weighted by atomic mass is 10.4. The first-order chi connectivity index (χ1) is 5.16. The average Bonchev–Trinajstić information content (AvgIpc) is 2.30. The summed E-state index contributed by atoms with van der Waals surface area (Å²) in [5.41, 5.74) is 0.431.